The van der Waals surface area contributed by atoms with Crippen LogP contribution in [0.5, 0.6) is 0 Å². The van der Waals surface area contributed by atoms with Gasteiger partial charge in [-0.3, -0.25) is 14.3 Å². The van der Waals surface area contributed by atoms with Gasteiger partial charge in [-0.2, -0.15) is 5.10 Å². The predicted molar refractivity (Wildman–Crippen MR) is 99.6 cm³/mol. The summed E-state index contributed by atoms with van der Waals surface area (Å²) < 4.78 is 1.74. The Hall–Kier alpha value is -2.63. The lowest BCUT2D eigenvalue weighted by Crippen LogP contribution is -2.53. The molecule has 26 heavy (non-hydrogen) atoms. The van der Waals surface area contributed by atoms with E-state index in [9.17, 15) is 9.59 Å². The summed E-state index contributed by atoms with van der Waals surface area (Å²) in [6.07, 6.45) is 0. The van der Waals surface area contributed by atoms with Gasteiger partial charge in [-0.05, 0) is 39.3 Å². The lowest BCUT2D eigenvalue weighted by molar-refractivity contribution is -0.147. The van der Waals surface area contributed by atoms with Crippen LogP contribution >= 0.6 is 0 Å². The van der Waals surface area contributed by atoms with Crippen molar-refractivity contribution in [2.45, 2.75) is 40.3 Å². The monoisotopic (exact) mass is 354 g/mol. The van der Waals surface area contributed by atoms with Crippen molar-refractivity contribution in [3.05, 3.63) is 52.8 Å². The standard InChI is InChI=1S/C20H26N4O2/c1-14-5-7-18(8-6-14)12-22-9-10-23(13-19(22)25)20(26)17(4)24-16(3)11-15(2)21-24/h5-8,11,17H,9-10,12-13H2,1-4H3/t17-/m1/s1. The highest BCUT2D eigenvalue weighted by Gasteiger charge is 2.30. The summed E-state index contributed by atoms with van der Waals surface area (Å²) in [5.74, 6) is -0.0646. The van der Waals surface area contributed by atoms with E-state index < -0.39 is 6.04 Å². The second kappa shape index (κ2) is 7.32. The van der Waals surface area contributed by atoms with Crippen LogP contribution in [0, 0.1) is 20.8 Å². The summed E-state index contributed by atoms with van der Waals surface area (Å²) in [5, 5.41) is 4.40. The van der Waals surface area contributed by atoms with Crippen LogP contribution in [-0.4, -0.2) is 51.0 Å². The molecule has 2 amide bonds. The predicted octanol–water partition coefficient (Wildman–Crippen LogP) is 2.24. The van der Waals surface area contributed by atoms with Crippen molar-refractivity contribution in [2.24, 2.45) is 0 Å². The van der Waals surface area contributed by atoms with Crippen LogP contribution in [0.3, 0.4) is 0 Å². The molecular formula is C20H26N4O2. The van der Waals surface area contributed by atoms with Gasteiger partial charge >= 0.3 is 0 Å². The van der Waals surface area contributed by atoms with Crippen LogP contribution in [0.25, 0.3) is 0 Å². The number of rotatable bonds is 4. The van der Waals surface area contributed by atoms with E-state index in [2.05, 4.69) is 17.2 Å². The summed E-state index contributed by atoms with van der Waals surface area (Å²) in [6, 6.07) is 9.75. The molecule has 2 heterocycles. The molecule has 1 aliphatic heterocycles. The van der Waals surface area contributed by atoms with Crippen molar-refractivity contribution in [1.29, 1.82) is 0 Å². The molecule has 6 heteroatoms. The average molecular weight is 354 g/mol. The number of benzene rings is 1. The molecule has 6 nitrogen and oxygen atoms in total. The number of aromatic nitrogens is 2. The summed E-state index contributed by atoms with van der Waals surface area (Å²) in [4.78, 5) is 28.8. The molecule has 138 valence electrons. The molecule has 0 radical (unpaired) electrons. The van der Waals surface area contributed by atoms with Crippen LogP contribution in [-0.2, 0) is 16.1 Å². The van der Waals surface area contributed by atoms with Gasteiger partial charge in [-0.15, -0.1) is 0 Å². The van der Waals surface area contributed by atoms with Crippen LogP contribution in [0.4, 0.5) is 0 Å². The third-order valence-electron chi connectivity index (χ3n) is 4.89. The maximum absolute atomic E-state index is 12.8. The Balaban J connectivity index is 1.62. The zero-order chi connectivity index (χ0) is 18.8. The Bertz CT molecular complexity index is 810. The lowest BCUT2D eigenvalue weighted by atomic mass is 10.1. The lowest BCUT2D eigenvalue weighted by Gasteiger charge is -2.35. The molecule has 0 saturated carbocycles. The van der Waals surface area contributed by atoms with Gasteiger partial charge < -0.3 is 9.80 Å². The number of aryl methyl sites for hydroxylation is 3. The first-order valence-electron chi connectivity index (χ1n) is 9.00. The molecule has 1 saturated heterocycles. The fraction of sp³-hybridized carbons (Fsp3) is 0.450. The van der Waals surface area contributed by atoms with Gasteiger partial charge in [0.1, 0.15) is 6.04 Å². The van der Waals surface area contributed by atoms with Crippen molar-refractivity contribution >= 4 is 11.8 Å². The smallest absolute Gasteiger partial charge is 0.247 e. The topological polar surface area (TPSA) is 58.4 Å². The first kappa shape index (κ1) is 18.2. The van der Waals surface area contributed by atoms with E-state index in [4.69, 9.17) is 0 Å². The number of hydrogen-bond acceptors (Lipinski definition) is 3. The third-order valence-corrected chi connectivity index (χ3v) is 4.89. The number of carbonyl (C=O) groups excluding carboxylic acids is 2. The maximum Gasteiger partial charge on any atom is 0.247 e. The number of nitrogens with zero attached hydrogens (tertiary/aromatic N) is 4. The molecule has 1 aliphatic rings. The highest BCUT2D eigenvalue weighted by Crippen LogP contribution is 2.17. The largest absolute Gasteiger partial charge is 0.335 e. The highest BCUT2D eigenvalue weighted by molar-refractivity contribution is 5.87. The highest BCUT2D eigenvalue weighted by atomic mass is 16.2. The Morgan fingerprint density at radius 2 is 1.85 bits per heavy atom. The maximum atomic E-state index is 12.8. The Labute approximate surface area is 154 Å². The van der Waals surface area contributed by atoms with Gasteiger partial charge in [0, 0.05) is 25.3 Å². The number of hydrogen-bond donors (Lipinski definition) is 0. The molecule has 0 bridgehead atoms. The molecule has 0 spiro atoms. The summed E-state index contributed by atoms with van der Waals surface area (Å²) in [7, 11) is 0. The fourth-order valence-electron chi connectivity index (χ4n) is 3.38. The van der Waals surface area contributed by atoms with Gasteiger partial charge in [0.05, 0.1) is 12.2 Å². The number of carbonyl (C=O) groups is 2. The molecule has 3 rings (SSSR count). The van der Waals surface area contributed by atoms with Gasteiger partial charge in [-0.25, -0.2) is 0 Å². The Morgan fingerprint density at radius 1 is 1.15 bits per heavy atom. The quantitative estimate of drug-likeness (QED) is 0.846. The fourth-order valence-corrected chi connectivity index (χ4v) is 3.38. The SMILES string of the molecule is Cc1ccc(CN2CCN(C(=O)[C@@H](C)n3nc(C)cc3C)CC2=O)cc1. The average Bonchev–Trinajstić information content (AvgIpc) is 2.95. The zero-order valence-corrected chi connectivity index (χ0v) is 15.9. The van der Waals surface area contributed by atoms with Crippen LogP contribution < -0.4 is 0 Å². The molecule has 0 unspecified atom stereocenters. The van der Waals surface area contributed by atoms with E-state index in [0.29, 0.717) is 19.6 Å². The first-order chi connectivity index (χ1) is 12.3. The van der Waals surface area contributed by atoms with Crippen molar-refractivity contribution < 1.29 is 9.59 Å². The van der Waals surface area contributed by atoms with E-state index in [1.54, 1.807) is 9.58 Å². The normalized spacial score (nSPS) is 16.1. The molecular weight excluding hydrogens is 328 g/mol. The van der Waals surface area contributed by atoms with Gasteiger partial charge in [0.2, 0.25) is 11.8 Å². The number of amides is 2. The van der Waals surface area contributed by atoms with Crippen molar-refractivity contribution in [2.75, 3.05) is 19.6 Å². The molecule has 0 aliphatic carbocycles. The van der Waals surface area contributed by atoms with E-state index in [1.807, 2.05) is 50.8 Å². The minimum absolute atomic E-state index is 0.00857. The van der Waals surface area contributed by atoms with E-state index in [0.717, 1.165) is 17.0 Å². The Kier molecular flexibility index (Phi) is 5.11. The zero-order valence-electron chi connectivity index (χ0n) is 15.9. The second-order valence-electron chi connectivity index (χ2n) is 7.11. The van der Waals surface area contributed by atoms with Crippen molar-refractivity contribution in [3.8, 4) is 0 Å². The van der Waals surface area contributed by atoms with E-state index in [-0.39, 0.29) is 18.4 Å². The molecule has 1 atom stereocenters. The second-order valence-corrected chi connectivity index (χ2v) is 7.11. The molecule has 2 aromatic rings. The van der Waals surface area contributed by atoms with Gasteiger partial charge in [0.25, 0.3) is 0 Å². The van der Waals surface area contributed by atoms with Gasteiger partial charge in [0.15, 0.2) is 0 Å². The summed E-state index contributed by atoms with van der Waals surface area (Å²) >= 11 is 0. The minimum atomic E-state index is -0.403. The van der Waals surface area contributed by atoms with E-state index >= 15 is 0 Å². The summed E-state index contributed by atoms with van der Waals surface area (Å²) in [6.45, 7) is 9.57. The molecule has 1 fully saturated rings. The van der Waals surface area contributed by atoms with Crippen LogP contribution in [0.2, 0.25) is 0 Å². The van der Waals surface area contributed by atoms with Crippen molar-refractivity contribution in [3.63, 3.8) is 0 Å². The molecule has 0 N–H and O–H groups in total. The van der Waals surface area contributed by atoms with Crippen LogP contribution in [0.1, 0.15) is 35.5 Å². The first-order valence-corrected chi connectivity index (χ1v) is 9.00. The molecule has 1 aromatic heterocycles. The van der Waals surface area contributed by atoms with Crippen molar-refractivity contribution in [1.82, 2.24) is 19.6 Å². The van der Waals surface area contributed by atoms with Gasteiger partial charge in [-0.1, -0.05) is 29.8 Å². The molecule has 1 aromatic carbocycles. The van der Waals surface area contributed by atoms with Crippen LogP contribution in [0.15, 0.2) is 30.3 Å². The third kappa shape index (κ3) is 3.79. The Morgan fingerprint density at radius 3 is 2.42 bits per heavy atom. The van der Waals surface area contributed by atoms with E-state index in [1.165, 1.54) is 5.56 Å². The summed E-state index contributed by atoms with van der Waals surface area (Å²) in [5.41, 5.74) is 4.15. The number of piperazine rings is 1. The minimum Gasteiger partial charge on any atom is -0.335 e.